The Morgan fingerprint density at radius 2 is 1.85 bits per heavy atom. The summed E-state index contributed by atoms with van der Waals surface area (Å²) < 4.78 is 20.1. The molecular formula is C20H16FNO5. The molecule has 0 fully saturated rings. The number of hydrogen-bond acceptors (Lipinski definition) is 4. The van der Waals surface area contributed by atoms with E-state index in [0.29, 0.717) is 29.3 Å². The fourth-order valence-electron chi connectivity index (χ4n) is 2.79. The minimum atomic E-state index is -1.66. The quantitative estimate of drug-likeness (QED) is 0.395. The topological polar surface area (TPSA) is 88.8 Å². The number of aliphatic carboxylic acids is 1. The SMILES string of the molecule is COc1ccc2c(c1)c(C(O)=CC(=O)C(=O)O)cn2Cc1ccc(F)cc1. The van der Waals surface area contributed by atoms with Crippen molar-refractivity contribution in [2.45, 2.75) is 6.54 Å². The van der Waals surface area contributed by atoms with Gasteiger partial charge in [-0.1, -0.05) is 12.1 Å². The summed E-state index contributed by atoms with van der Waals surface area (Å²) >= 11 is 0. The number of hydrogen-bond donors (Lipinski definition) is 2. The average molecular weight is 369 g/mol. The molecule has 1 heterocycles. The van der Waals surface area contributed by atoms with Gasteiger partial charge in [-0.25, -0.2) is 9.18 Å². The van der Waals surface area contributed by atoms with Crippen molar-refractivity contribution in [1.82, 2.24) is 4.57 Å². The zero-order valence-corrected chi connectivity index (χ0v) is 14.3. The lowest BCUT2D eigenvalue weighted by Crippen LogP contribution is -2.09. The maximum absolute atomic E-state index is 13.1. The fraction of sp³-hybridized carbons (Fsp3) is 0.100. The molecule has 138 valence electrons. The largest absolute Gasteiger partial charge is 0.507 e. The Kier molecular flexibility index (Phi) is 4.94. The fourth-order valence-corrected chi connectivity index (χ4v) is 2.79. The van der Waals surface area contributed by atoms with Crippen LogP contribution in [0.4, 0.5) is 4.39 Å². The highest BCUT2D eigenvalue weighted by Crippen LogP contribution is 2.30. The third-order valence-electron chi connectivity index (χ3n) is 4.11. The summed E-state index contributed by atoms with van der Waals surface area (Å²) in [5, 5.41) is 19.6. The van der Waals surface area contributed by atoms with Crippen LogP contribution in [-0.4, -0.2) is 33.6 Å². The first-order valence-corrected chi connectivity index (χ1v) is 7.98. The molecule has 0 aliphatic heterocycles. The van der Waals surface area contributed by atoms with Crippen LogP contribution >= 0.6 is 0 Å². The number of aliphatic hydroxyl groups excluding tert-OH is 1. The van der Waals surface area contributed by atoms with Gasteiger partial charge in [0.15, 0.2) is 0 Å². The van der Waals surface area contributed by atoms with Gasteiger partial charge in [-0.2, -0.15) is 0 Å². The number of aliphatic hydroxyl groups is 1. The van der Waals surface area contributed by atoms with Crippen LogP contribution in [0.15, 0.2) is 54.7 Å². The van der Waals surface area contributed by atoms with E-state index in [1.165, 1.54) is 19.2 Å². The van der Waals surface area contributed by atoms with Gasteiger partial charge in [0, 0.05) is 35.3 Å². The number of ether oxygens (including phenoxy) is 1. The number of methoxy groups -OCH3 is 1. The van der Waals surface area contributed by atoms with Gasteiger partial charge in [0.1, 0.15) is 17.3 Å². The van der Waals surface area contributed by atoms with E-state index in [9.17, 15) is 19.1 Å². The van der Waals surface area contributed by atoms with Crippen LogP contribution in [0.5, 0.6) is 5.75 Å². The summed E-state index contributed by atoms with van der Waals surface area (Å²) in [6.07, 6.45) is 2.27. The molecule has 7 heteroatoms. The average Bonchev–Trinajstić information content (AvgIpc) is 3.01. The molecule has 6 nitrogen and oxygen atoms in total. The van der Waals surface area contributed by atoms with Crippen LogP contribution < -0.4 is 4.74 Å². The molecule has 3 aromatic rings. The molecule has 0 aliphatic rings. The molecule has 0 saturated heterocycles. The van der Waals surface area contributed by atoms with Crippen LogP contribution in [0.2, 0.25) is 0 Å². The second-order valence-corrected chi connectivity index (χ2v) is 5.88. The van der Waals surface area contributed by atoms with Crippen molar-refractivity contribution in [2.75, 3.05) is 7.11 Å². The predicted octanol–water partition coefficient (Wildman–Crippen LogP) is 3.39. The first-order valence-electron chi connectivity index (χ1n) is 7.98. The van der Waals surface area contributed by atoms with Crippen LogP contribution in [0.1, 0.15) is 11.1 Å². The molecule has 2 N–H and O–H groups in total. The molecule has 3 rings (SSSR count). The van der Waals surface area contributed by atoms with Gasteiger partial charge in [0.05, 0.1) is 7.11 Å². The zero-order chi connectivity index (χ0) is 19.6. The second kappa shape index (κ2) is 7.33. The summed E-state index contributed by atoms with van der Waals surface area (Å²) in [4.78, 5) is 22.2. The highest BCUT2D eigenvalue weighted by molar-refractivity contribution is 6.38. The maximum atomic E-state index is 13.1. The van der Waals surface area contributed by atoms with Crippen LogP contribution in [0.25, 0.3) is 16.7 Å². The van der Waals surface area contributed by atoms with Crippen molar-refractivity contribution in [3.63, 3.8) is 0 Å². The van der Waals surface area contributed by atoms with E-state index >= 15 is 0 Å². The minimum Gasteiger partial charge on any atom is -0.507 e. The van der Waals surface area contributed by atoms with E-state index in [2.05, 4.69) is 0 Å². The van der Waals surface area contributed by atoms with Crippen molar-refractivity contribution < 1.29 is 28.9 Å². The molecule has 2 aromatic carbocycles. The van der Waals surface area contributed by atoms with Crippen molar-refractivity contribution in [1.29, 1.82) is 0 Å². The van der Waals surface area contributed by atoms with E-state index in [4.69, 9.17) is 9.84 Å². The number of carbonyl (C=O) groups is 2. The van der Waals surface area contributed by atoms with Gasteiger partial charge in [0.25, 0.3) is 5.78 Å². The molecule has 0 bridgehead atoms. The number of ketones is 1. The Labute approximate surface area is 153 Å². The van der Waals surface area contributed by atoms with E-state index in [1.54, 1.807) is 36.5 Å². The first kappa shape index (κ1) is 18.2. The molecule has 0 atom stereocenters. The zero-order valence-electron chi connectivity index (χ0n) is 14.3. The lowest BCUT2D eigenvalue weighted by atomic mass is 10.1. The smallest absolute Gasteiger partial charge is 0.376 e. The van der Waals surface area contributed by atoms with Gasteiger partial charge in [-0.3, -0.25) is 4.79 Å². The summed E-state index contributed by atoms with van der Waals surface area (Å²) in [5.41, 5.74) is 1.86. The normalized spacial score (nSPS) is 11.6. The Hall–Kier alpha value is -3.61. The number of carboxylic acid groups (broad SMARTS) is 1. The number of carbonyl (C=O) groups excluding carboxylic acids is 1. The molecule has 0 spiro atoms. The molecule has 1 aromatic heterocycles. The Morgan fingerprint density at radius 1 is 1.15 bits per heavy atom. The van der Waals surface area contributed by atoms with Crippen LogP contribution in [0.3, 0.4) is 0 Å². The van der Waals surface area contributed by atoms with Gasteiger partial charge >= 0.3 is 5.97 Å². The summed E-state index contributed by atoms with van der Waals surface area (Å²) in [6.45, 7) is 0.392. The number of carboxylic acids is 1. The second-order valence-electron chi connectivity index (χ2n) is 5.88. The van der Waals surface area contributed by atoms with Crippen molar-refractivity contribution >= 4 is 28.4 Å². The molecule has 0 saturated carbocycles. The van der Waals surface area contributed by atoms with Gasteiger partial charge in [-0.15, -0.1) is 0 Å². The van der Waals surface area contributed by atoms with Gasteiger partial charge < -0.3 is 19.5 Å². The Balaban J connectivity index is 2.11. The first-order chi connectivity index (χ1) is 12.9. The molecule has 27 heavy (non-hydrogen) atoms. The van der Waals surface area contributed by atoms with Gasteiger partial charge in [-0.05, 0) is 35.9 Å². The molecule has 0 radical (unpaired) electrons. The van der Waals surface area contributed by atoms with E-state index in [0.717, 1.165) is 11.1 Å². The number of halogens is 1. The number of nitrogens with zero attached hydrogens (tertiary/aromatic N) is 1. The summed E-state index contributed by atoms with van der Waals surface area (Å²) in [7, 11) is 1.50. The Morgan fingerprint density at radius 3 is 2.48 bits per heavy atom. The van der Waals surface area contributed by atoms with Crippen LogP contribution in [0, 0.1) is 5.82 Å². The summed E-state index contributed by atoms with van der Waals surface area (Å²) in [5.74, 6) is -3.14. The van der Waals surface area contributed by atoms with E-state index in [1.807, 2.05) is 4.57 Å². The summed E-state index contributed by atoms with van der Waals surface area (Å²) in [6, 6.07) is 11.2. The lowest BCUT2D eigenvalue weighted by molar-refractivity contribution is -0.146. The van der Waals surface area contributed by atoms with E-state index in [-0.39, 0.29) is 5.82 Å². The molecular weight excluding hydrogens is 353 g/mol. The van der Waals surface area contributed by atoms with Crippen molar-refractivity contribution in [3.8, 4) is 5.75 Å². The number of fused-ring (bicyclic) bond motifs is 1. The Bertz CT molecular complexity index is 1050. The number of rotatable bonds is 6. The maximum Gasteiger partial charge on any atom is 0.376 e. The third-order valence-corrected chi connectivity index (χ3v) is 4.11. The monoisotopic (exact) mass is 369 g/mol. The van der Waals surface area contributed by atoms with Crippen molar-refractivity contribution in [2.24, 2.45) is 0 Å². The molecule has 0 aliphatic carbocycles. The van der Waals surface area contributed by atoms with Gasteiger partial charge in [0.2, 0.25) is 0 Å². The highest BCUT2D eigenvalue weighted by atomic mass is 19.1. The lowest BCUT2D eigenvalue weighted by Gasteiger charge is -2.06. The predicted molar refractivity (Wildman–Crippen MR) is 97.2 cm³/mol. The number of aromatic nitrogens is 1. The molecule has 0 amide bonds. The highest BCUT2D eigenvalue weighted by Gasteiger charge is 2.16. The van der Waals surface area contributed by atoms with Crippen molar-refractivity contribution in [3.05, 3.63) is 71.7 Å². The van der Waals surface area contributed by atoms with Crippen LogP contribution in [-0.2, 0) is 16.1 Å². The molecule has 0 unspecified atom stereocenters. The standard InChI is InChI=1S/C20H16FNO5/c1-27-14-6-7-17-15(8-14)16(18(23)9-19(24)20(25)26)11-22(17)10-12-2-4-13(21)5-3-12/h2-9,11,23H,10H2,1H3,(H,25,26). The minimum absolute atomic E-state index is 0.292. The number of benzene rings is 2. The third kappa shape index (κ3) is 3.82. The van der Waals surface area contributed by atoms with E-state index < -0.39 is 17.5 Å².